The normalized spacial score (nSPS) is 12.9. The molecule has 10 heteroatoms. The van der Waals surface area contributed by atoms with Crippen LogP contribution in [0.25, 0.3) is 27.9 Å². The van der Waals surface area contributed by atoms with Crippen molar-refractivity contribution in [1.29, 1.82) is 31.6 Å². The lowest BCUT2D eigenvalue weighted by atomic mass is 9.91. The lowest BCUT2D eigenvalue weighted by Gasteiger charge is -2.10. The van der Waals surface area contributed by atoms with Crippen LogP contribution in [0.5, 0.6) is 0 Å². The molecule has 0 aromatic heterocycles. The van der Waals surface area contributed by atoms with Gasteiger partial charge in [-0.2, -0.15) is 31.6 Å². The molecule has 0 unspecified atom stereocenters. The van der Waals surface area contributed by atoms with Gasteiger partial charge in [0.15, 0.2) is 0 Å². The quantitative estimate of drug-likeness (QED) is 0.279. The van der Waals surface area contributed by atoms with E-state index in [4.69, 9.17) is 10.5 Å². The van der Waals surface area contributed by atoms with Crippen molar-refractivity contribution in [3.05, 3.63) is 110 Å². The van der Waals surface area contributed by atoms with Crippen LogP contribution in [0.2, 0.25) is 0 Å². The molecule has 2 aliphatic rings. The third-order valence-corrected chi connectivity index (χ3v) is 6.86. The number of benzene rings is 3. The Hall–Kier alpha value is -6.46. The second-order valence-electron chi connectivity index (χ2n) is 8.89. The van der Waals surface area contributed by atoms with E-state index in [0.29, 0.717) is 11.1 Å². The highest BCUT2D eigenvalue weighted by Gasteiger charge is 2.35. The van der Waals surface area contributed by atoms with Crippen molar-refractivity contribution in [2.75, 3.05) is 0 Å². The molecule has 6 nitrogen and oxygen atoms in total. The van der Waals surface area contributed by atoms with Gasteiger partial charge in [-0.3, -0.25) is 0 Å². The van der Waals surface area contributed by atoms with Crippen molar-refractivity contribution in [2.24, 2.45) is 0 Å². The van der Waals surface area contributed by atoms with Crippen LogP contribution in [0, 0.1) is 91.3 Å². The molecule has 2 aliphatic carbocycles. The summed E-state index contributed by atoms with van der Waals surface area (Å²) in [5.74, 6) is -4.63. The van der Waals surface area contributed by atoms with Gasteiger partial charge in [-0.25, -0.2) is 17.6 Å². The molecule has 0 aliphatic heterocycles. The first-order chi connectivity index (χ1) is 19.7. The Labute approximate surface area is 229 Å². The molecule has 0 heterocycles. The van der Waals surface area contributed by atoms with Crippen LogP contribution in [0.15, 0.2) is 42.0 Å². The van der Waals surface area contributed by atoms with E-state index in [0.717, 1.165) is 24.3 Å². The van der Waals surface area contributed by atoms with Crippen molar-refractivity contribution < 1.29 is 17.6 Å². The molecule has 0 radical (unpaired) electrons. The number of hydrogen-bond donors (Lipinski definition) is 0. The lowest BCUT2D eigenvalue weighted by molar-refractivity contribution is 0.575. The predicted octanol–water partition coefficient (Wildman–Crippen LogP) is 6.23. The highest BCUT2D eigenvalue weighted by Crippen LogP contribution is 2.51. The average molecular weight is 540 g/mol. The SMILES string of the molecule is N#CC(C#N)=C1C(c2cc(F)c(C#N)c(F)c2)=C(C#N)c2cc3c(cc21)CC(c1cc(F)c(C#N)c(F)c1)=C3C#N. The van der Waals surface area contributed by atoms with Gasteiger partial charge in [0, 0.05) is 23.1 Å². The number of halogens is 4. The molecule has 0 saturated carbocycles. The number of nitriles is 6. The molecule has 3 aromatic rings. The minimum Gasteiger partial charge on any atom is -0.205 e. The highest BCUT2D eigenvalue weighted by molar-refractivity contribution is 6.26. The Balaban J connectivity index is 1.80. The Morgan fingerprint density at radius 2 is 1.07 bits per heavy atom. The van der Waals surface area contributed by atoms with Crippen molar-refractivity contribution in [3.63, 3.8) is 0 Å². The van der Waals surface area contributed by atoms with E-state index in [2.05, 4.69) is 0 Å². The average Bonchev–Trinajstić information content (AvgIpc) is 3.47. The predicted molar refractivity (Wildman–Crippen MR) is 135 cm³/mol. The Morgan fingerprint density at radius 1 is 0.561 bits per heavy atom. The third kappa shape index (κ3) is 3.81. The van der Waals surface area contributed by atoms with Crippen LogP contribution in [0.3, 0.4) is 0 Å². The fourth-order valence-corrected chi connectivity index (χ4v) is 5.13. The van der Waals surface area contributed by atoms with Gasteiger partial charge >= 0.3 is 0 Å². The minimum absolute atomic E-state index is 0.00461. The van der Waals surface area contributed by atoms with E-state index in [1.54, 1.807) is 12.1 Å². The van der Waals surface area contributed by atoms with Crippen molar-refractivity contribution in [1.82, 2.24) is 0 Å². The summed E-state index contributed by atoms with van der Waals surface area (Å²) in [5, 5.41) is 57.5. The summed E-state index contributed by atoms with van der Waals surface area (Å²) in [6, 6.07) is 16.8. The number of fused-ring (bicyclic) bond motifs is 2. The smallest absolute Gasteiger partial charge is 0.144 e. The molecular formula is C31H8F4N6. The number of allylic oxidation sites excluding steroid dienone is 6. The minimum atomic E-state index is -1.21. The zero-order valence-corrected chi connectivity index (χ0v) is 20.4. The molecule has 0 fully saturated rings. The van der Waals surface area contributed by atoms with Gasteiger partial charge < -0.3 is 0 Å². The largest absolute Gasteiger partial charge is 0.205 e. The summed E-state index contributed by atoms with van der Waals surface area (Å²) in [5.41, 5.74) is -1.14. The van der Waals surface area contributed by atoms with Gasteiger partial charge in [0.05, 0.1) is 11.1 Å². The molecule has 0 atom stereocenters. The monoisotopic (exact) mass is 540 g/mol. The van der Waals surface area contributed by atoms with E-state index in [1.807, 2.05) is 12.1 Å². The van der Waals surface area contributed by atoms with Crippen LogP contribution < -0.4 is 0 Å². The van der Waals surface area contributed by atoms with Crippen LogP contribution in [-0.4, -0.2) is 0 Å². The van der Waals surface area contributed by atoms with Crippen molar-refractivity contribution in [2.45, 2.75) is 6.42 Å². The maximum Gasteiger partial charge on any atom is 0.144 e. The summed E-state index contributed by atoms with van der Waals surface area (Å²) in [4.78, 5) is 0. The standard InChI is InChI=1S/C31H8F4N6/c32-26-3-15(4-27(33)24(26)12-40)18-1-14-2-21-20(7-19(14)22(18)10-38)23(11-39)30(31(21)17(8-36)9-37)16-5-28(34)25(13-41)29(35)6-16/h2-7H,1H2. The van der Waals surface area contributed by atoms with Crippen molar-refractivity contribution in [3.8, 4) is 36.4 Å². The topological polar surface area (TPSA) is 143 Å². The fraction of sp³-hybridized carbons (Fsp3) is 0.0323. The van der Waals surface area contributed by atoms with Crippen molar-refractivity contribution >= 4 is 27.9 Å². The number of hydrogen-bond acceptors (Lipinski definition) is 6. The molecule has 5 rings (SSSR count). The zero-order valence-electron chi connectivity index (χ0n) is 20.4. The van der Waals surface area contributed by atoms with E-state index in [-0.39, 0.29) is 56.5 Å². The van der Waals surface area contributed by atoms with Gasteiger partial charge in [-0.05, 0) is 69.8 Å². The van der Waals surface area contributed by atoms with E-state index < -0.39 is 40.0 Å². The first-order valence-electron chi connectivity index (χ1n) is 11.5. The Morgan fingerprint density at radius 3 is 1.54 bits per heavy atom. The van der Waals surface area contributed by atoms with E-state index in [9.17, 15) is 38.6 Å². The van der Waals surface area contributed by atoms with Gasteiger partial charge in [0.25, 0.3) is 0 Å². The summed E-state index contributed by atoms with van der Waals surface area (Å²) in [6.07, 6.45) is -0.00461. The second kappa shape index (κ2) is 9.69. The maximum atomic E-state index is 14.6. The van der Waals surface area contributed by atoms with Crippen LogP contribution in [0.4, 0.5) is 17.6 Å². The van der Waals surface area contributed by atoms with Gasteiger partial charge in [-0.1, -0.05) is 0 Å². The summed E-state index contributed by atoms with van der Waals surface area (Å²) in [6.45, 7) is 0. The molecule has 0 amide bonds. The molecule has 0 bridgehead atoms. The van der Waals surface area contributed by atoms with Crippen LogP contribution >= 0.6 is 0 Å². The van der Waals surface area contributed by atoms with Crippen LogP contribution in [0.1, 0.15) is 44.5 Å². The molecule has 41 heavy (non-hydrogen) atoms. The zero-order chi connectivity index (χ0) is 29.6. The first-order valence-corrected chi connectivity index (χ1v) is 11.5. The molecular weight excluding hydrogens is 532 g/mol. The van der Waals surface area contributed by atoms with Gasteiger partial charge in [0.2, 0.25) is 0 Å². The molecule has 190 valence electrons. The maximum absolute atomic E-state index is 14.6. The van der Waals surface area contributed by atoms with E-state index >= 15 is 0 Å². The lowest BCUT2D eigenvalue weighted by Crippen LogP contribution is -1.97. The first kappa shape index (κ1) is 26.2. The molecule has 0 spiro atoms. The number of rotatable bonds is 2. The fourth-order valence-electron chi connectivity index (χ4n) is 5.13. The molecule has 0 saturated heterocycles. The summed E-state index contributed by atoms with van der Waals surface area (Å²) >= 11 is 0. The third-order valence-electron chi connectivity index (χ3n) is 6.86. The summed E-state index contributed by atoms with van der Waals surface area (Å²) in [7, 11) is 0. The highest BCUT2D eigenvalue weighted by atomic mass is 19.1. The Kier molecular flexibility index (Phi) is 6.18. The second-order valence-corrected chi connectivity index (χ2v) is 8.89. The Bertz CT molecular complexity index is 2070. The van der Waals surface area contributed by atoms with Gasteiger partial charge in [-0.15, -0.1) is 0 Å². The van der Waals surface area contributed by atoms with Gasteiger partial charge in [0.1, 0.15) is 76.4 Å². The molecule has 0 N–H and O–H groups in total. The van der Waals surface area contributed by atoms with E-state index in [1.165, 1.54) is 24.3 Å². The molecule has 3 aromatic carbocycles. The van der Waals surface area contributed by atoms with Crippen LogP contribution in [-0.2, 0) is 6.42 Å². The summed E-state index contributed by atoms with van der Waals surface area (Å²) < 4.78 is 58.0. The number of nitrogens with zero attached hydrogens (tertiary/aromatic N) is 6.